The molecule has 2 aromatic heterocycles. The molecule has 1 aliphatic rings. The number of hydrogen-bond donors (Lipinski definition) is 1. The molecule has 2 aromatic carbocycles. The molecule has 7 heteroatoms. The predicted octanol–water partition coefficient (Wildman–Crippen LogP) is 4.77. The lowest BCUT2D eigenvalue weighted by atomic mass is 10.1. The number of carbonyl (C=O) groups is 1. The van der Waals surface area contributed by atoms with Crippen LogP contribution in [0.2, 0.25) is 0 Å². The maximum absolute atomic E-state index is 13.5. The molecule has 0 bridgehead atoms. The number of aromatic nitrogens is 2. The highest BCUT2D eigenvalue weighted by Crippen LogP contribution is 2.27. The van der Waals surface area contributed by atoms with Gasteiger partial charge in [-0.2, -0.15) is 5.10 Å². The smallest absolute Gasteiger partial charge is 0.255 e. The van der Waals surface area contributed by atoms with Gasteiger partial charge in [0.25, 0.3) is 5.91 Å². The van der Waals surface area contributed by atoms with Crippen molar-refractivity contribution in [3.63, 3.8) is 0 Å². The zero-order valence-corrected chi connectivity index (χ0v) is 19.9. The van der Waals surface area contributed by atoms with Crippen LogP contribution in [0.15, 0.2) is 83.6 Å². The van der Waals surface area contributed by atoms with Gasteiger partial charge in [-0.3, -0.25) is 14.4 Å². The van der Waals surface area contributed by atoms with Crippen molar-refractivity contribution in [1.29, 1.82) is 0 Å². The van der Waals surface area contributed by atoms with E-state index >= 15 is 0 Å². The van der Waals surface area contributed by atoms with Crippen molar-refractivity contribution in [2.45, 2.75) is 25.4 Å². The Kier molecular flexibility index (Phi) is 6.95. The molecule has 7 nitrogen and oxygen atoms in total. The number of likely N-dealkylation sites (tertiary alicyclic amines) is 1. The second-order valence-corrected chi connectivity index (χ2v) is 8.79. The quantitative estimate of drug-likeness (QED) is 0.382. The van der Waals surface area contributed by atoms with Crippen LogP contribution in [0.4, 0.5) is 0 Å². The van der Waals surface area contributed by atoms with E-state index in [1.807, 2.05) is 65.5 Å². The first-order valence-corrected chi connectivity index (χ1v) is 12.0. The standard InChI is InChI=1S/C28H30N4O3/c1-34-23-13-11-22(12-14-23)27-24(20-32(30-27)19-21-8-3-2-4-9-21)28(33)29-18-25(26-10-7-17-35-26)31-15-5-6-16-31/h2-4,7-14,17,20,25H,5-6,15-16,18-19H2,1H3,(H,29,33)/t25-/m0/s1. The molecule has 4 aromatic rings. The van der Waals surface area contributed by atoms with E-state index in [9.17, 15) is 4.79 Å². The first kappa shape index (κ1) is 22.9. The van der Waals surface area contributed by atoms with Crippen LogP contribution < -0.4 is 10.1 Å². The molecule has 1 N–H and O–H groups in total. The van der Waals surface area contributed by atoms with Gasteiger partial charge in [-0.15, -0.1) is 0 Å². The number of carbonyl (C=O) groups excluding carboxylic acids is 1. The summed E-state index contributed by atoms with van der Waals surface area (Å²) in [6, 6.07) is 21.6. The van der Waals surface area contributed by atoms with E-state index in [1.54, 1.807) is 13.4 Å². The summed E-state index contributed by atoms with van der Waals surface area (Å²) in [4.78, 5) is 15.9. The molecule has 180 valence electrons. The monoisotopic (exact) mass is 470 g/mol. The molecular formula is C28H30N4O3. The average molecular weight is 471 g/mol. The summed E-state index contributed by atoms with van der Waals surface area (Å²) in [7, 11) is 1.64. The van der Waals surface area contributed by atoms with Crippen LogP contribution in [0.25, 0.3) is 11.3 Å². The molecule has 5 rings (SSSR count). The summed E-state index contributed by atoms with van der Waals surface area (Å²) in [6.45, 7) is 3.07. The van der Waals surface area contributed by atoms with Crippen molar-refractivity contribution in [3.05, 3.63) is 96.1 Å². The molecule has 1 atom stereocenters. The van der Waals surface area contributed by atoms with E-state index in [-0.39, 0.29) is 11.9 Å². The molecule has 0 aliphatic carbocycles. The number of furan rings is 1. The van der Waals surface area contributed by atoms with Crippen molar-refractivity contribution in [1.82, 2.24) is 20.0 Å². The molecule has 0 saturated carbocycles. The normalized spacial score (nSPS) is 14.7. The molecule has 35 heavy (non-hydrogen) atoms. The lowest BCUT2D eigenvalue weighted by molar-refractivity contribution is 0.0934. The minimum atomic E-state index is -0.147. The zero-order chi connectivity index (χ0) is 24.0. The van der Waals surface area contributed by atoms with Gasteiger partial charge in [0.15, 0.2) is 0 Å². The third kappa shape index (κ3) is 5.30. The Hall–Kier alpha value is -3.84. The van der Waals surface area contributed by atoms with Crippen molar-refractivity contribution < 1.29 is 13.9 Å². The van der Waals surface area contributed by atoms with Gasteiger partial charge in [0, 0.05) is 18.3 Å². The van der Waals surface area contributed by atoms with Crippen LogP contribution in [0.5, 0.6) is 5.75 Å². The maximum atomic E-state index is 13.5. The van der Waals surface area contributed by atoms with Crippen molar-refractivity contribution in [3.8, 4) is 17.0 Å². The number of nitrogens with one attached hydrogen (secondary N) is 1. The number of ether oxygens (including phenoxy) is 1. The van der Waals surface area contributed by atoms with Gasteiger partial charge in [-0.05, 0) is 67.9 Å². The summed E-state index contributed by atoms with van der Waals surface area (Å²) in [5, 5.41) is 7.95. The fraction of sp³-hybridized carbons (Fsp3) is 0.286. The highest BCUT2D eigenvalue weighted by molar-refractivity contribution is 5.99. The number of methoxy groups -OCH3 is 1. The van der Waals surface area contributed by atoms with Gasteiger partial charge in [0.05, 0.1) is 31.5 Å². The van der Waals surface area contributed by atoms with E-state index in [4.69, 9.17) is 14.3 Å². The van der Waals surface area contributed by atoms with Gasteiger partial charge in [-0.25, -0.2) is 0 Å². The highest BCUT2D eigenvalue weighted by Gasteiger charge is 2.27. The Labute approximate surface area is 205 Å². The summed E-state index contributed by atoms with van der Waals surface area (Å²) in [5.74, 6) is 1.49. The summed E-state index contributed by atoms with van der Waals surface area (Å²) in [5.41, 5.74) is 3.18. The molecule has 1 fully saturated rings. The number of hydrogen-bond acceptors (Lipinski definition) is 5. The summed E-state index contributed by atoms with van der Waals surface area (Å²) >= 11 is 0. The molecule has 1 aliphatic heterocycles. The molecule has 1 saturated heterocycles. The van der Waals surface area contributed by atoms with Crippen molar-refractivity contribution >= 4 is 5.91 Å². The zero-order valence-electron chi connectivity index (χ0n) is 19.9. The highest BCUT2D eigenvalue weighted by atomic mass is 16.5. The lowest BCUT2D eigenvalue weighted by Gasteiger charge is -2.26. The topological polar surface area (TPSA) is 72.5 Å². The fourth-order valence-electron chi connectivity index (χ4n) is 4.63. The molecule has 0 unspecified atom stereocenters. The van der Waals surface area contributed by atoms with Crippen LogP contribution in [-0.4, -0.2) is 47.3 Å². The predicted molar refractivity (Wildman–Crippen MR) is 134 cm³/mol. The van der Waals surface area contributed by atoms with Gasteiger partial charge < -0.3 is 14.5 Å². The Morgan fingerprint density at radius 3 is 2.51 bits per heavy atom. The van der Waals surface area contributed by atoms with Crippen LogP contribution >= 0.6 is 0 Å². The van der Waals surface area contributed by atoms with E-state index in [0.29, 0.717) is 24.3 Å². The number of benzene rings is 2. The van der Waals surface area contributed by atoms with Crippen LogP contribution in [0.3, 0.4) is 0 Å². The maximum Gasteiger partial charge on any atom is 0.255 e. The van der Waals surface area contributed by atoms with Gasteiger partial charge in [0.2, 0.25) is 0 Å². The Morgan fingerprint density at radius 1 is 1.06 bits per heavy atom. The van der Waals surface area contributed by atoms with Crippen LogP contribution in [0, 0.1) is 0 Å². The minimum absolute atomic E-state index is 0.0141. The lowest BCUT2D eigenvalue weighted by Crippen LogP contribution is -2.36. The van der Waals surface area contributed by atoms with E-state index in [0.717, 1.165) is 35.7 Å². The number of nitrogens with zero attached hydrogens (tertiary/aromatic N) is 3. The fourth-order valence-corrected chi connectivity index (χ4v) is 4.63. The SMILES string of the molecule is COc1ccc(-c2nn(Cc3ccccc3)cc2C(=O)NC[C@@H](c2ccco2)N2CCCC2)cc1. The largest absolute Gasteiger partial charge is 0.497 e. The summed E-state index contributed by atoms with van der Waals surface area (Å²) in [6.07, 6.45) is 5.85. The Bertz CT molecular complexity index is 1230. The first-order chi connectivity index (χ1) is 17.2. The molecule has 1 amide bonds. The van der Waals surface area contributed by atoms with E-state index in [1.165, 1.54) is 12.8 Å². The second kappa shape index (κ2) is 10.6. The molecule has 0 radical (unpaired) electrons. The Morgan fingerprint density at radius 2 is 1.83 bits per heavy atom. The van der Waals surface area contributed by atoms with Crippen molar-refractivity contribution in [2.75, 3.05) is 26.7 Å². The second-order valence-electron chi connectivity index (χ2n) is 8.79. The van der Waals surface area contributed by atoms with Crippen molar-refractivity contribution in [2.24, 2.45) is 0 Å². The molecule has 0 spiro atoms. The minimum Gasteiger partial charge on any atom is -0.497 e. The summed E-state index contributed by atoms with van der Waals surface area (Å²) < 4.78 is 12.8. The van der Waals surface area contributed by atoms with Gasteiger partial charge >= 0.3 is 0 Å². The number of amides is 1. The van der Waals surface area contributed by atoms with Gasteiger partial charge in [-0.1, -0.05) is 30.3 Å². The third-order valence-corrected chi connectivity index (χ3v) is 6.47. The molecular weight excluding hydrogens is 440 g/mol. The first-order valence-electron chi connectivity index (χ1n) is 12.0. The van der Waals surface area contributed by atoms with Crippen LogP contribution in [-0.2, 0) is 6.54 Å². The Balaban J connectivity index is 1.40. The molecule has 3 heterocycles. The van der Waals surface area contributed by atoms with Gasteiger partial charge in [0.1, 0.15) is 17.2 Å². The van der Waals surface area contributed by atoms with E-state index in [2.05, 4.69) is 22.3 Å². The van der Waals surface area contributed by atoms with Crippen LogP contribution in [0.1, 0.15) is 40.6 Å². The van der Waals surface area contributed by atoms with E-state index < -0.39 is 0 Å². The average Bonchev–Trinajstić information content (AvgIpc) is 3.68. The third-order valence-electron chi connectivity index (χ3n) is 6.47. The number of rotatable bonds is 9.